The molecule has 0 aromatic carbocycles. The van der Waals surface area contributed by atoms with E-state index < -0.39 is 0 Å². The Morgan fingerprint density at radius 1 is 1.27 bits per heavy atom. The minimum atomic E-state index is 0.303. The number of aliphatic hydroxyl groups is 1. The maximum atomic E-state index is 9.05. The van der Waals surface area contributed by atoms with Crippen molar-refractivity contribution in [1.29, 1.82) is 0 Å². The highest BCUT2D eigenvalue weighted by atomic mass is 16.3. The van der Waals surface area contributed by atoms with Gasteiger partial charge in [0, 0.05) is 24.6 Å². The number of rotatable bonds is 4. The van der Waals surface area contributed by atoms with Crippen LogP contribution in [-0.2, 0) is 0 Å². The summed E-state index contributed by atoms with van der Waals surface area (Å²) in [6.07, 6.45) is 10.9. The highest BCUT2D eigenvalue weighted by Gasteiger charge is 2.26. The van der Waals surface area contributed by atoms with Gasteiger partial charge in [0.25, 0.3) is 0 Å². The molecule has 0 amide bonds. The van der Waals surface area contributed by atoms with E-state index in [4.69, 9.17) is 5.11 Å². The average molecular weight is 209 g/mol. The Bertz CT molecular complexity index is 227. The molecule has 1 fully saturated rings. The van der Waals surface area contributed by atoms with Crippen molar-refractivity contribution in [3.05, 3.63) is 12.2 Å². The summed E-state index contributed by atoms with van der Waals surface area (Å²) in [5.41, 5.74) is 0. The van der Waals surface area contributed by atoms with Crippen LogP contribution in [0.15, 0.2) is 12.2 Å². The lowest BCUT2D eigenvalue weighted by molar-refractivity contribution is 0.244. The van der Waals surface area contributed by atoms with Gasteiger partial charge < -0.3 is 10.4 Å². The Morgan fingerprint density at radius 3 is 2.73 bits per heavy atom. The van der Waals surface area contributed by atoms with Gasteiger partial charge in [0.1, 0.15) is 0 Å². The number of nitrogens with one attached hydrogen (secondary N) is 1. The highest BCUT2D eigenvalue weighted by Crippen LogP contribution is 2.29. The molecule has 0 spiro atoms. The Kier molecular flexibility index (Phi) is 3.81. The van der Waals surface area contributed by atoms with E-state index in [1.165, 1.54) is 25.7 Å². The predicted octanol–water partition coefficient (Wildman–Crippen LogP) is 2.09. The molecule has 4 atom stereocenters. The molecule has 86 valence electrons. The zero-order valence-electron chi connectivity index (χ0n) is 9.65. The molecule has 15 heavy (non-hydrogen) atoms. The van der Waals surface area contributed by atoms with E-state index in [1.807, 2.05) is 0 Å². The lowest BCUT2D eigenvalue weighted by Crippen LogP contribution is -2.35. The molecule has 0 saturated heterocycles. The minimum absolute atomic E-state index is 0.303. The zero-order valence-corrected chi connectivity index (χ0v) is 9.65. The maximum absolute atomic E-state index is 9.05. The largest absolute Gasteiger partial charge is 0.396 e. The predicted molar refractivity (Wildman–Crippen MR) is 62.7 cm³/mol. The standard InChI is InChI=1S/C13H23NO/c1-2-10-3-5-12(7-10)14-13-6-4-11(8-13)9-15/h4,6,10-15H,2-3,5,7-9H2,1H3/t10-,11+,12-,13-/m1/s1. The van der Waals surface area contributed by atoms with Gasteiger partial charge >= 0.3 is 0 Å². The lowest BCUT2D eigenvalue weighted by Gasteiger charge is -2.18. The van der Waals surface area contributed by atoms with Crippen LogP contribution in [0.25, 0.3) is 0 Å². The Balaban J connectivity index is 1.73. The second kappa shape index (κ2) is 5.13. The van der Waals surface area contributed by atoms with Crippen molar-refractivity contribution >= 4 is 0 Å². The molecular formula is C13H23NO. The van der Waals surface area contributed by atoms with Gasteiger partial charge in [-0.2, -0.15) is 0 Å². The minimum Gasteiger partial charge on any atom is -0.396 e. The van der Waals surface area contributed by atoms with Crippen molar-refractivity contribution < 1.29 is 5.11 Å². The second-order valence-corrected chi connectivity index (χ2v) is 5.12. The Hall–Kier alpha value is -0.340. The second-order valence-electron chi connectivity index (χ2n) is 5.12. The van der Waals surface area contributed by atoms with Gasteiger partial charge in [-0.25, -0.2) is 0 Å². The first-order chi connectivity index (χ1) is 7.31. The highest BCUT2D eigenvalue weighted by molar-refractivity contribution is 5.06. The molecular weight excluding hydrogens is 186 g/mol. The van der Waals surface area contributed by atoms with Crippen LogP contribution in [0.4, 0.5) is 0 Å². The summed E-state index contributed by atoms with van der Waals surface area (Å²) in [7, 11) is 0. The van der Waals surface area contributed by atoms with Crippen molar-refractivity contribution in [2.24, 2.45) is 11.8 Å². The Labute approximate surface area is 92.8 Å². The molecule has 2 aliphatic carbocycles. The van der Waals surface area contributed by atoms with E-state index in [0.717, 1.165) is 18.4 Å². The first-order valence-electron chi connectivity index (χ1n) is 6.37. The summed E-state index contributed by atoms with van der Waals surface area (Å²) >= 11 is 0. The van der Waals surface area contributed by atoms with E-state index in [1.54, 1.807) is 0 Å². The SMILES string of the molecule is CC[C@@H]1CC[C@@H](N[C@@H]2C=C[C@H](CO)C2)C1. The van der Waals surface area contributed by atoms with Crippen LogP contribution in [0.3, 0.4) is 0 Å². The van der Waals surface area contributed by atoms with Crippen LogP contribution in [-0.4, -0.2) is 23.8 Å². The van der Waals surface area contributed by atoms with Crippen molar-refractivity contribution in [1.82, 2.24) is 5.32 Å². The van der Waals surface area contributed by atoms with Crippen molar-refractivity contribution in [2.75, 3.05) is 6.61 Å². The molecule has 0 aromatic rings. The van der Waals surface area contributed by atoms with Gasteiger partial charge in [0.2, 0.25) is 0 Å². The molecule has 2 N–H and O–H groups in total. The molecule has 2 aliphatic rings. The van der Waals surface area contributed by atoms with Crippen molar-refractivity contribution in [2.45, 2.75) is 51.1 Å². The fourth-order valence-electron chi connectivity index (χ4n) is 2.93. The zero-order chi connectivity index (χ0) is 10.7. The van der Waals surface area contributed by atoms with Gasteiger partial charge in [-0.1, -0.05) is 25.5 Å². The summed E-state index contributed by atoms with van der Waals surface area (Å²) in [6, 6.07) is 1.24. The molecule has 0 heterocycles. The van der Waals surface area contributed by atoms with Gasteiger partial charge in [0.15, 0.2) is 0 Å². The third-order valence-electron chi connectivity index (χ3n) is 3.98. The summed E-state index contributed by atoms with van der Waals surface area (Å²) in [5, 5.41) is 12.8. The molecule has 2 rings (SSSR count). The van der Waals surface area contributed by atoms with Gasteiger partial charge in [-0.3, -0.25) is 0 Å². The van der Waals surface area contributed by atoms with E-state index in [0.29, 0.717) is 18.6 Å². The van der Waals surface area contributed by atoms with E-state index in [9.17, 15) is 0 Å². The van der Waals surface area contributed by atoms with E-state index >= 15 is 0 Å². The van der Waals surface area contributed by atoms with Crippen LogP contribution < -0.4 is 5.32 Å². The fraction of sp³-hybridized carbons (Fsp3) is 0.846. The van der Waals surface area contributed by atoms with Gasteiger partial charge in [-0.15, -0.1) is 0 Å². The molecule has 2 nitrogen and oxygen atoms in total. The average Bonchev–Trinajstić information content (AvgIpc) is 2.87. The molecule has 0 aliphatic heterocycles. The fourth-order valence-corrected chi connectivity index (χ4v) is 2.93. The third-order valence-corrected chi connectivity index (χ3v) is 3.98. The summed E-state index contributed by atoms with van der Waals surface area (Å²) in [4.78, 5) is 0. The van der Waals surface area contributed by atoms with Crippen LogP contribution in [0.2, 0.25) is 0 Å². The molecule has 0 aromatic heterocycles. The number of hydrogen-bond acceptors (Lipinski definition) is 2. The van der Waals surface area contributed by atoms with Crippen LogP contribution >= 0.6 is 0 Å². The Morgan fingerprint density at radius 2 is 2.13 bits per heavy atom. The van der Waals surface area contributed by atoms with Crippen molar-refractivity contribution in [3.63, 3.8) is 0 Å². The van der Waals surface area contributed by atoms with Gasteiger partial charge in [0.05, 0.1) is 0 Å². The number of aliphatic hydroxyl groups excluding tert-OH is 1. The summed E-state index contributed by atoms with van der Waals surface area (Å²) in [6.45, 7) is 2.60. The van der Waals surface area contributed by atoms with E-state index in [-0.39, 0.29) is 0 Å². The quantitative estimate of drug-likeness (QED) is 0.695. The first-order valence-corrected chi connectivity index (χ1v) is 6.37. The molecule has 0 radical (unpaired) electrons. The maximum Gasteiger partial charge on any atom is 0.0494 e. The molecule has 2 heteroatoms. The summed E-state index contributed by atoms with van der Waals surface area (Å²) in [5.74, 6) is 1.34. The normalized spacial score (nSPS) is 40.1. The van der Waals surface area contributed by atoms with Crippen LogP contribution in [0.1, 0.15) is 39.0 Å². The van der Waals surface area contributed by atoms with Crippen LogP contribution in [0.5, 0.6) is 0 Å². The smallest absolute Gasteiger partial charge is 0.0494 e. The number of hydrogen-bond donors (Lipinski definition) is 2. The van der Waals surface area contributed by atoms with Crippen molar-refractivity contribution in [3.8, 4) is 0 Å². The lowest BCUT2D eigenvalue weighted by atomic mass is 10.0. The van der Waals surface area contributed by atoms with Crippen LogP contribution in [0, 0.1) is 11.8 Å². The first kappa shape index (κ1) is 11.2. The molecule has 1 saturated carbocycles. The van der Waals surface area contributed by atoms with Gasteiger partial charge in [-0.05, 0) is 31.6 Å². The molecule has 0 bridgehead atoms. The monoisotopic (exact) mass is 209 g/mol. The third kappa shape index (κ3) is 2.82. The van der Waals surface area contributed by atoms with E-state index in [2.05, 4.69) is 24.4 Å². The topological polar surface area (TPSA) is 32.3 Å². The molecule has 0 unspecified atom stereocenters. The summed E-state index contributed by atoms with van der Waals surface area (Å²) < 4.78 is 0.